The highest BCUT2D eigenvalue weighted by molar-refractivity contribution is 5.66. The minimum absolute atomic E-state index is 0.283. The summed E-state index contributed by atoms with van der Waals surface area (Å²) >= 11 is 0. The Bertz CT molecular complexity index is 590. The van der Waals surface area contributed by atoms with Gasteiger partial charge < -0.3 is 4.74 Å². The Hall–Kier alpha value is -2.04. The zero-order valence-electron chi connectivity index (χ0n) is 9.96. The molecule has 0 aliphatic carbocycles. The van der Waals surface area contributed by atoms with Crippen LogP contribution >= 0.6 is 0 Å². The largest absolute Gasteiger partial charge is 0.496 e. The van der Waals surface area contributed by atoms with Crippen LogP contribution in [0.1, 0.15) is 5.56 Å². The third-order valence-electron chi connectivity index (χ3n) is 2.66. The van der Waals surface area contributed by atoms with Crippen molar-refractivity contribution in [3.8, 4) is 16.9 Å². The number of alkyl halides is 3. The van der Waals surface area contributed by atoms with Crippen molar-refractivity contribution in [1.82, 2.24) is 0 Å². The molecule has 0 saturated carbocycles. The van der Waals surface area contributed by atoms with E-state index in [0.29, 0.717) is 11.1 Å². The fourth-order valence-corrected chi connectivity index (χ4v) is 1.77. The van der Waals surface area contributed by atoms with Crippen LogP contribution in [0, 0.1) is 5.82 Å². The number of hydrogen-bond acceptors (Lipinski definition) is 1. The van der Waals surface area contributed by atoms with Gasteiger partial charge in [-0.2, -0.15) is 13.2 Å². The molecule has 2 rings (SSSR count). The fraction of sp³-hybridized carbons (Fsp3) is 0.143. The standard InChI is InChI=1S/C14H10F4O/c1-19-13-8-10(5-6-12(13)14(16,17)18)9-3-2-4-11(15)7-9/h2-8H,1H3. The quantitative estimate of drug-likeness (QED) is 0.729. The average Bonchev–Trinajstić information content (AvgIpc) is 2.37. The number of rotatable bonds is 2. The maximum atomic E-state index is 13.1. The first-order chi connectivity index (χ1) is 8.91. The summed E-state index contributed by atoms with van der Waals surface area (Å²) in [6.45, 7) is 0. The Morgan fingerprint density at radius 3 is 2.21 bits per heavy atom. The van der Waals surface area contributed by atoms with E-state index in [1.165, 1.54) is 37.4 Å². The van der Waals surface area contributed by atoms with E-state index in [0.717, 1.165) is 6.07 Å². The molecule has 0 aromatic heterocycles. The summed E-state index contributed by atoms with van der Waals surface area (Å²) in [4.78, 5) is 0. The van der Waals surface area contributed by atoms with Gasteiger partial charge in [-0.25, -0.2) is 4.39 Å². The summed E-state index contributed by atoms with van der Waals surface area (Å²) in [5.74, 6) is -0.731. The summed E-state index contributed by atoms with van der Waals surface area (Å²) in [7, 11) is 1.17. The van der Waals surface area contributed by atoms with E-state index in [9.17, 15) is 17.6 Å². The minimum atomic E-state index is -4.48. The molecule has 1 nitrogen and oxygen atoms in total. The Balaban J connectivity index is 2.51. The summed E-state index contributed by atoms with van der Waals surface area (Å²) < 4.78 is 55.9. The monoisotopic (exact) mass is 270 g/mol. The topological polar surface area (TPSA) is 9.23 Å². The Morgan fingerprint density at radius 2 is 1.63 bits per heavy atom. The Labute approximate surface area is 107 Å². The van der Waals surface area contributed by atoms with Crippen LogP contribution in [0.4, 0.5) is 17.6 Å². The highest BCUT2D eigenvalue weighted by Gasteiger charge is 2.34. The van der Waals surface area contributed by atoms with E-state index in [2.05, 4.69) is 0 Å². The van der Waals surface area contributed by atoms with E-state index in [4.69, 9.17) is 4.74 Å². The van der Waals surface area contributed by atoms with Crippen LogP contribution in [0.5, 0.6) is 5.75 Å². The number of ether oxygens (including phenoxy) is 1. The van der Waals surface area contributed by atoms with E-state index in [1.807, 2.05) is 0 Å². The van der Waals surface area contributed by atoms with Gasteiger partial charge in [-0.3, -0.25) is 0 Å². The third-order valence-corrected chi connectivity index (χ3v) is 2.66. The lowest BCUT2D eigenvalue weighted by molar-refractivity contribution is -0.138. The first-order valence-electron chi connectivity index (χ1n) is 5.43. The summed E-state index contributed by atoms with van der Waals surface area (Å²) in [5, 5.41) is 0. The minimum Gasteiger partial charge on any atom is -0.496 e. The van der Waals surface area contributed by atoms with Crippen molar-refractivity contribution in [3.05, 3.63) is 53.8 Å². The SMILES string of the molecule is COc1cc(-c2cccc(F)c2)ccc1C(F)(F)F. The van der Waals surface area contributed by atoms with Crippen LogP contribution < -0.4 is 4.74 Å². The van der Waals surface area contributed by atoms with Crippen molar-refractivity contribution in [3.63, 3.8) is 0 Å². The van der Waals surface area contributed by atoms with Gasteiger partial charge in [-0.05, 0) is 35.4 Å². The van der Waals surface area contributed by atoms with E-state index >= 15 is 0 Å². The Kier molecular flexibility index (Phi) is 3.46. The van der Waals surface area contributed by atoms with E-state index < -0.39 is 17.6 Å². The van der Waals surface area contributed by atoms with Gasteiger partial charge in [0.05, 0.1) is 12.7 Å². The molecular formula is C14H10F4O. The first kappa shape index (κ1) is 13.4. The number of halogens is 4. The van der Waals surface area contributed by atoms with Crippen LogP contribution in [-0.2, 0) is 6.18 Å². The van der Waals surface area contributed by atoms with E-state index in [1.54, 1.807) is 6.07 Å². The lowest BCUT2D eigenvalue weighted by Crippen LogP contribution is -2.07. The summed E-state index contributed by atoms with van der Waals surface area (Å²) in [6, 6.07) is 9.10. The number of methoxy groups -OCH3 is 1. The molecule has 2 aromatic carbocycles. The van der Waals surface area contributed by atoms with Gasteiger partial charge in [-0.1, -0.05) is 18.2 Å². The van der Waals surface area contributed by atoms with Gasteiger partial charge in [0.25, 0.3) is 0 Å². The van der Waals surface area contributed by atoms with Crippen molar-refractivity contribution in [2.75, 3.05) is 7.11 Å². The van der Waals surface area contributed by atoms with E-state index in [-0.39, 0.29) is 5.75 Å². The molecule has 0 radical (unpaired) electrons. The second-order valence-electron chi connectivity index (χ2n) is 3.92. The van der Waals surface area contributed by atoms with Gasteiger partial charge in [0.15, 0.2) is 0 Å². The lowest BCUT2D eigenvalue weighted by atomic mass is 10.0. The Morgan fingerprint density at radius 1 is 0.947 bits per heavy atom. The first-order valence-corrected chi connectivity index (χ1v) is 5.43. The summed E-state index contributed by atoms with van der Waals surface area (Å²) in [5.41, 5.74) is 0.103. The average molecular weight is 270 g/mol. The van der Waals surface area contributed by atoms with Crippen LogP contribution in [0.2, 0.25) is 0 Å². The molecule has 0 fully saturated rings. The zero-order valence-corrected chi connectivity index (χ0v) is 9.96. The molecule has 5 heteroatoms. The molecule has 19 heavy (non-hydrogen) atoms. The van der Waals surface area contributed by atoms with Crippen molar-refractivity contribution >= 4 is 0 Å². The van der Waals surface area contributed by atoms with Crippen LogP contribution in [0.15, 0.2) is 42.5 Å². The van der Waals surface area contributed by atoms with Crippen LogP contribution in [0.25, 0.3) is 11.1 Å². The third kappa shape index (κ3) is 2.86. The lowest BCUT2D eigenvalue weighted by Gasteiger charge is -2.13. The highest BCUT2D eigenvalue weighted by Crippen LogP contribution is 2.38. The predicted octanol–water partition coefficient (Wildman–Crippen LogP) is 4.52. The molecule has 0 unspecified atom stereocenters. The molecule has 0 spiro atoms. The maximum absolute atomic E-state index is 13.1. The molecule has 0 bridgehead atoms. The van der Waals surface area contributed by atoms with Gasteiger partial charge in [-0.15, -0.1) is 0 Å². The molecule has 2 aromatic rings. The zero-order chi connectivity index (χ0) is 14.0. The second kappa shape index (κ2) is 4.91. The number of benzene rings is 2. The molecule has 0 aliphatic heterocycles. The van der Waals surface area contributed by atoms with Crippen molar-refractivity contribution in [2.45, 2.75) is 6.18 Å². The normalized spacial score (nSPS) is 11.4. The van der Waals surface area contributed by atoms with Gasteiger partial charge in [0.2, 0.25) is 0 Å². The fourth-order valence-electron chi connectivity index (χ4n) is 1.77. The molecule has 0 aliphatic rings. The molecule has 0 saturated heterocycles. The molecule has 0 heterocycles. The van der Waals surface area contributed by atoms with Gasteiger partial charge in [0, 0.05) is 0 Å². The second-order valence-corrected chi connectivity index (χ2v) is 3.92. The van der Waals surface area contributed by atoms with Gasteiger partial charge >= 0.3 is 6.18 Å². The summed E-state index contributed by atoms with van der Waals surface area (Å²) in [6.07, 6.45) is -4.48. The van der Waals surface area contributed by atoms with Crippen LogP contribution in [-0.4, -0.2) is 7.11 Å². The van der Waals surface area contributed by atoms with Crippen molar-refractivity contribution in [1.29, 1.82) is 0 Å². The molecule has 0 atom stereocenters. The number of hydrogen-bond donors (Lipinski definition) is 0. The van der Waals surface area contributed by atoms with Gasteiger partial charge in [0.1, 0.15) is 11.6 Å². The van der Waals surface area contributed by atoms with Crippen molar-refractivity contribution in [2.24, 2.45) is 0 Å². The smallest absolute Gasteiger partial charge is 0.419 e. The molecule has 0 amide bonds. The maximum Gasteiger partial charge on any atom is 0.419 e. The highest BCUT2D eigenvalue weighted by atomic mass is 19.4. The molecule has 0 N–H and O–H groups in total. The molecule has 100 valence electrons. The van der Waals surface area contributed by atoms with Crippen LogP contribution in [0.3, 0.4) is 0 Å². The molecular weight excluding hydrogens is 260 g/mol. The predicted molar refractivity (Wildman–Crippen MR) is 63.4 cm³/mol. The van der Waals surface area contributed by atoms with Crippen molar-refractivity contribution < 1.29 is 22.3 Å².